The van der Waals surface area contributed by atoms with Gasteiger partial charge in [-0.15, -0.1) is 0 Å². The number of pyridine rings is 2. The average Bonchev–Trinajstić information content (AvgIpc) is 3.86. The van der Waals surface area contributed by atoms with E-state index in [0.717, 1.165) is 86.3 Å². The molecule has 5 heteroatoms. The molecule has 5 nitrogen and oxygen atoms in total. The van der Waals surface area contributed by atoms with Crippen LogP contribution in [0.4, 0.5) is 0 Å². The third-order valence-corrected chi connectivity index (χ3v) is 12.0. The normalized spacial score (nSPS) is 11.9. The van der Waals surface area contributed by atoms with Crippen LogP contribution >= 0.6 is 0 Å². The van der Waals surface area contributed by atoms with Crippen LogP contribution in [0.5, 0.6) is 5.75 Å². The van der Waals surface area contributed by atoms with E-state index in [0.29, 0.717) is 6.61 Å². The van der Waals surface area contributed by atoms with Gasteiger partial charge in [0.15, 0.2) is 0 Å². The van der Waals surface area contributed by atoms with Gasteiger partial charge in [0, 0.05) is 62.5 Å². The fraction of sp³-hybridized carbons (Fsp3) is 0.143. The molecule has 0 bridgehead atoms. The molecule has 0 fully saturated rings. The van der Waals surface area contributed by atoms with E-state index in [4.69, 9.17) is 14.7 Å². The van der Waals surface area contributed by atoms with Crippen molar-refractivity contribution >= 4 is 32.7 Å². The van der Waals surface area contributed by atoms with Gasteiger partial charge in [-0.3, -0.25) is 9.97 Å². The van der Waals surface area contributed by atoms with Crippen molar-refractivity contribution in [2.24, 2.45) is 0 Å². The molecular formula is C56H48N4O. The quantitative estimate of drug-likeness (QED) is 0.154. The summed E-state index contributed by atoms with van der Waals surface area (Å²) in [7, 11) is 0. The lowest BCUT2D eigenvalue weighted by molar-refractivity contribution is 0.308. The summed E-state index contributed by atoms with van der Waals surface area (Å²) in [6, 6.07) is 56.2. The lowest BCUT2D eigenvalue weighted by Crippen LogP contribution is -2.09. The monoisotopic (exact) mass is 792 g/mol. The van der Waals surface area contributed by atoms with Gasteiger partial charge in [-0.2, -0.15) is 0 Å². The van der Waals surface area contributed by atoms with Crippen LogP contribution in [-0.4, -0.2) is 19.1 Å². The van der Waals surface area contributed by atoms with Crippen molar-refractivity contribution in [1.29, 1.82) is 0 Å². The minimum Gasteiger partial charge on any atom is -0.487 e. The van der Waals surface area contributed by atoms with Crippen molar-refractivity contribution < 1.29 is 4.74 Å². The molecule has 0 spiro atoms. The Kier molecular flexibility index (Phi) is 10.0. The number of benzene rings is 6. The molecule has 10 aromatic rings. The predicted molar refractivity (Wildman–Crippen MR) is 254 cm³/mol. The maximum absolute atomic E-state index is 7.22. The second kappa shape index (κ2) is 16.1. The Labute approximate surface area is 357 Å². The first-order chi connectivity index (χ1) is 30.2. The highest BCUT2D eigenvalue weighted by Gasteiger charge is 2.32. The molecule has 4 aromatic heterocycles. The maximum Gasteiger partial charge on any atom is 0.137 e. The van der Waals surface area contributed by atoms with Crippen LogP contribution in [-0.2, 0) is 19.4 Å². The van der Waals surface area contributed by atoms with E-state index < -0.39 is 0 Å². The molecule has 6 aromatic carbocycles. The van der Waals surface area contributed by atoms with Gasteiger partial charge in [0.25, 0.3) is 0 Å². The largest absolute Gasteiger partial charge is 0.487 e. The van der Waals surface area contributed by atoms with E-state index in [1.807, 2.05) is 38.4 Å². The predicted octanol–water partition coefficient (Wildman–Crippen LogP) is 14.6. The lowest BCUT2D eigenvalue weighted by atomic mass is 9.86. The Morgan fingerprint density at radius 2 is 1.15 bits per heavy atom. The molecule has 0 saturated carbocycles. The molecule has 0 amide bonds. The molecule has 5 heterocycles. The van der Waals surface area contributed by atoms with Gasteiger partial charge in [-0.1, -0.05) is 125 Å². The highest BCUT2D eigenvalue weighted by atomic mass is 16.5. The van der Waals surface area contributed by atoms with Crippen LogP contribution in [0.1, 0.15) is 50.9 Å². The van der Waals surface area contributed by atoms with Crippen LogP contribution in [0.15, 0.2) is 170 Å². The molecule has 0 N–H and O–H groups in total. The zero-order chi connectivity index (χ0) is 41.5. The molecule has 61 heavy (non-hydrogen) atoms. The van der Waals surface area contributed by atoms with Crippen molar-refractivity contribution in [1.82, 2.24) is 19.1 Å². The number of para-hydroxylation sites is 2. The van der Waals surface area contributed by atoms with Crippen molar-refractivity contribution in [3.63, 3.8) is 0 Å². The van der Waals surface area contributed by atoms with E-state index in [9.17, 15) is 0 Å². The van der Waals surface area contributed by atoms with E-state index in [1.165, 1.54) is 44.4 Å². The highest BCUT2D eigenvalue weighted by Crippen LogP contribution is 2.53. The third-order valence-electron chi connectivity index (χ3n) is 12.0. The molecule has 1 aliphatic rings. The SMILES string of the molecule is CC.CCCc1c(CC)n(-c2ccccc2)c2c(-c3ccccn3)cc3c(c12)COc1c-3cc(-c2ccccn2)c2c1c1ccccc1n2-c1cccc(-c2ccccc2)c1. The van der Waals surface area contributed by atoms with Crippen molar-refractivity contribution in [2.75, 3.05) is 0 Å². The zero-order valence-corrected chi connectivity index (χ0v) is 35.2. The van der Waals surface area contributed by atoms with Gasteiger partial charge in [-0.05, 0) is 102 Å². The number of aromatic nitrogens is 4. The van der Waals surface area contributed by atoms with Crippen LogP contribution < -0.4 is 4.74 Å². The first-order valence-electron chi connectivity index (χ1n) is 21.7. The van der Waals surface area contributed by atoms with Gasteiger partial charge >= 0.3 is 0 Å². The summed E-state index contributed by atoms with van der Waals surface area (Å²) in [4.78, 5) is 10.0. The first kappa shape index (κ1) is 38.0. The Hall–Kier alpha value is -7.24. The molecule has 1 aliphatic heterocycles. The summed E-state index contributed by atoms with van der Waals surface area (Å²) in [6.07, 6.45) is 6.72. The number of hydrogen-bond acceptors (Lipinski definition) is 3. The topological polar surface area (TPSA) is 44.9 Å². The lowest BCUT2D eigenvalue weighted by Gasteiger charge is -2.26. The number of hydrogen-bond donors (Lipinski definition) is 0. The fourth-order valence-corrected chi connectivity index (χ4v) is 9.62. The molecule has 11 rings (SSSR count). The Morgan fingerprint density at radius 3 is 1.82 bits per heavy atom. The molecule has 0 unspecified atom stereocenters. The number of aryl methyl sites for hydroxylation is 1. The van der Waals surface area contributed by atoms with Crippen LogP contribution in [0.2, 0.25) is 0 Å². The van der Waals surface area contributed by atoms with Crippen LogP contribution in [0.3, 0.4) is 0 Å². The summed E-state index contributed by atoms with van der Waals surface area (Å²) in [5.74, 6) is 0.905. The second-order valence-electron chi connectivity index (χ2n) is 15.4. The molecular weight excluding hydrogens is 745 g/mol. The second-order valence-corrected chi connectivity index (χ2v) is 15.4. The Balaban J connectivity index is 0.00000220. The number of fused-ring (bicyclic) bond motifs is 9. The van der Waals surface area contributed by atoms with Gasteiger partial charge in [-0.25, -0.2) is 0 Å². The van der Waals surface area contributed by atoms with E-state index in [1.54, 1.807) is 0 Å². The number of nitrogens with zero attached hydrogens (tertiary/aromatic N) is 4. The minimum atomic E-state index is 0.459. The van der Waals surface area contributed by atoms with Gasteiger partial charge in [0.2, 0.25) is 0 Å². The molecule has 0 aliphatic carbocycles. The van der Waals surface area contributed by atoms with Gasteiger partial charge in [0.1, 0.15) is 12.4 Å². The van der Waals surface area contributed by atoms with Gasteiger partial charge < -0.3 is 13.9 Å². The summed E-state index contributed by atoms with van der Waals surface area (Å²) in [6.45, 7) is 9.03. The maximum atomic E-state index is 7.22. The molecule has 298 valence electrons. The summed E-state index contributed by atoms with van der Waals surface area (Å²) >= 11 is 0. The minimum absolute atomic E-state index is 0.459. The summed E-state index contributed by atoms with van der Waals surface area (Å²) < 4.78 is 12.1. The molecule has 0 radical (unpaired) electrons. The Morgan fingerprint density at radius 1 is 0.541 bits per heavy atom. The van der Waals surface area contributed by atoms with Gasteiger partial charge in [0.05, 0.1) is 33.3 Å². The van der Waals surface area contributed by atoms with Crippen molar-refractivity contribution in [3.05, 3.63) is 187 Å². The van der Waals surface area contributed by atoms with Crippen molar-refractivity contribution in [2.45, 2.75) is 53.6 Å². The van der Waals surface area contributed by atoms with Crippen LogP contribution in [0, 0.1) is 0 Å². The number of rotatable bonds is 8. The Bertz CT molecular complexity index is 3180. The van der Waals surface area contributed by atoms with E-state index in [-0.39, 0.29) is 0 Å². The fourth-order valence-electron chi connectivity index (χ4n) is 9.62. The standard InChI is InChI=1S/C54H42N4O.C2H6/c1-3-18-39-48(4-2)57(37-22-9-6-10-23-37)52-43(46-26-13-15-29-55-46)32-41-42-33-44(47-27-14-16-30-56-47)53-51(54(42)59-34-45(41)50(39)52)40-25-11-12-28-49(40)58(53)38-24-17-21-36(31-38)35-19-7-5-8-20-35;1-2/h5-17,19-33H,3-4,18,34H2,1-2H3;1-2H3. The first-order valence-corrected chi connectivity index (χ1v) is 21.7. The smallest absolute Gasteiger partial charge is 0.137 e. The summed E-state index contributed by atoms with van der Waals surface area (Å²) in [5.41, 5.74) is 18.3. The number of ether oxygens (including phenoxy) is 1. The third kappa shape index (κ3) is 6.23. The molecule has 0 atom stereocenters. The summed E-state index contributed by atoms with van der Waals surface area (Å²) in [5, 5.41) is 3.53. The van der Waals surface area contributed by atoms with E-state index >= 15 is 0 Å². The van der Waals surface area contributed by atoms with Crippen molar-refractivity contribution in [3.8, 4) is 61.9 Å². The van der Waals surface area contributed by atoms with Crippen LogP contribution in [0.25, 0.3) is 88.9 Å². The average molecular weight is 793 g/mol. The zero-order valence-electron chi connectivity index (χ0n) is 35.2. The highest BCUT2D eigenvalue weighted by molar-refractivity contribution is 6.19. The molecule has 0 saturated heterocycles. The van der Waals surface area contributed by atoms with E-state index in [2.05, 4.69) is 169 Å².